The first kappa shape index (κ1) is 11.4. The molecule has 4 heteroatoms. The lowest BCUT2D eigenvalue weighted by molar-refractivity contribution is -0.124. The summed E-state index contributed by atoms with van der Waals surface area (Å²) in [6.07, 6.45) is 4.24. The lowest BCUT2D eigenvalue weighted by Gasteiger charge is -2.22. The van der Waals surface area contributed by atoms with Crippen LogP contribution >= 0.6 is 0 Å². The van der Waals surface area contributed by atoms with Crippen molar-refractivity contribution in [2.24, 2.45) is 5.41 Å². The van der Waals surface area contributed by atoms with Crippen molar-refractivity contribution >= 4 is 11.6 Å². The molecule has 1 aromatic rings. The van der Waals surface area contributed by atoms with E-state index in [1.165, 1.54) is 0 Å². The molecule has 0 aromatic heterocycles. The minimum Gasteiger partial charge on any atom is -0.454 e. The molecule has 0 bridgehead atoms. The molecular formula is C14H17NO3. The summed E-state index contributed by atoms with van der Waals surface area (Å²) in [5.74, 6) is 1.54. The number of anilines is 1. The molecule has 1 aromatic carbocycles. The second kappa shape index (κ2) is 4.19. The van der Waals surface area contributed by atoms with Gasteiger partial charge >= 0.3 is 0 Å². The van der Waals surface area contributed by atoms with Gasteiger partial charge in [-0.05, 0) is 25.0 Å². The minimum atomic E-state index is -0.212. The molecule has 0 unspecified atom stereocenters. The van der Waals surface area contributed by atoms with E-state index in [2.05, 4.69) is 5.32 Å². The Labute approximate surface area is 106 Å². The summed E-state index contributed by atoms with van der Waals surface area (Å²) in [7, 11) is 0. The van der Waals surface area contributed by atoms with E-state index < -0.39 is 0 Å². The number of amides is 1. The molecule has 0 saturated heterocycles. The zero-order chi connectivity index (χ0) is 12.6. The molecule has 1 aliphatic carbocycles. The summed E-state index contributed by atoms with van der Waals surface area (Å²) >= 11 is 0. The highest BCUT2D eigenvalue weighted by atomic mass is 16.7. The molecule has 1 saturated carbocycles. The van der Waals surface area contributed by atoms with E-state index >= 15 is 0 Å². The average Bonchev–Trinajstić information content (AvgIpc) is 2.98. The zero-order valence-corrected chi connectivity index (χ0v) is 10.5. The predicted octanol–water partition coefficient (Wildman–Crippen LogP) is 2.93. The van der Waals surface area contributed by atoms with E-state index in [4.69, 9.17) is 9.47 Å². The fraction of sp³-hybridized carbons (Fsp3) is 0.500. The fourth-order valence-corrected chi connectivity index (χ4v) is 2.64. The zero-order valence-electron chi connectivity index (χ0n) is 10.5. The van der Waals surface area contributed by atoms with Crippen LogP contribution in [0.1, 0.15) is 32.6 Å². The van der Waals surface area contributed by atoms with E-state index in [1.807, 2.05) is 25.1 Å². The van der Waals surface area contributed by atoms with Gasteiger partial charge in [0, 0.05) is 17.2 Å². The predicted molar refractivity (Wildman–Crippen MR) is 67.8 cm³/mol. The van der Waals surface area contributed by atoms with Gasteiger partial charge in [0.05, 0.1) is 0 Å². The van der Waals surface area contributed by atoms with Crippen LogP contribution in [0.2, 0.25) is 0 Å². The van der Waals surface area contributed by atoms with Gasteiger partial charge in [0.2, 0.25) is 12.7 Å². The highest BCUT2D eigenvalue weighted by Gasteiger charge is 2.36. The highest BCUT2D eigenvalue weighted by molar-refractivity contribution is 5.95. The number of carbonyl (C=O) groups is 1. The Kier molecular flexibility index (Phi) is 2.65. The molecule has 1 aliphatic heterocycles. The third kappa shape index (κ3) is 1.92. The van der Waals surface area contributed by atoms with Gasteiger partial charge in [-0.25, -0.2) is 0 Å². The maximum Gasteiger partial charge on any atom is 0.231 e. The van der Waals surface area contributed by atoms with Crippen LogP contribution in [-0.4, -0.2) is 12.7 Å². The second-order valence-corrected chi connectivity index (χ2v) is 5.29. The molecule has 2 aliphatic rings. The molecule has 0 radical (unpaired) electrons. The number of ether oxygens (including phenoxy) is 2. The van der Waals surface area contributed by atoms with Crippen molar-refractivity contribution in [2.45, 2.75) is 32.6 Å². The topological polar surface area (TPSA) is 47.6 Å². The van der Waals surface area contributed by atoms with Crippen LogP contribution in [0.4, 0.5) is 5.69 Å². The summed E-state index contributed by atoms with van der Waals surface area (Å²) in [4.78, 5) is 12.3. The number of nitrogens with one attached hydrogen (secondary N) is 1. The van der Waals surface area contributed by atoms with Gasteiger partial charge in [-0.2, -0.15) is 0 Å². The molecular weight excluding hydrogens is 230 g/mol. The van der Waals surface area contributed by atoms with Crippen molar-refractivity contribution in [3.63, 3.8) is 0 Å². The van der Waals surface area contributed by atoms with E-state index in [9.17, 15) is 4.79 Å². The normalized spacial score (nSPS) is 19.8. The first-order valence-electron chi connectivity index (χ1n) is 6.38. The number of fused-ring (bicyclic) bond motifs is 1. The van der Waals surface area contributed by atoms with Crippen molar-refractivity contribution in [1.82, 2.24) is 0 Å². The molecule has 1 N–H and O–H groups in total. The van der Waals surface area contributed by atoms with Crippen molar-refractivity contribution in [3.05, 3.63) is 18.2 Å². The van der Waals surface area contributed by atoms with Crippen LogP contribution in [0.3, 0.4) is 0 Å². The van der Waals surface area contributed by atoms with Crippen LogP contribution in [-0.2, 0) is 4.79 Å². The number of rotatable bonds is 2. The molecule has 3 rings (SSSR count). The van der Waals surface area contributed by atoms with E-state index in [-0.39, 0.29) is 18.1 Å². The quantitative estimate of drug-likeness (QED) is 0.874. The third-order valence-corrected chi connectivity index (χ3v) is 3.89. The number of hydrogen-bond donors (Lipinski definition) is 1. The molecule has 1 fully saturated rings. The Morgan fingerprint density at radius 3 is 2.72 bits per heavy atom. The summed E-state index contributed by atoms with van der Waals surface area (Å²) in [5.41, 5.74) is 0.563. The van der Waals surface area contributed by atoms with E-state index in [0.717, 1.165) is 37.1 Å². The summed E-state index contributed by atoms with van der Waals surface area (Å²) in [6.45, 7) is 2.30. The number of hydrogen-bond acceptors (Lipinski definition) is 3. The molecule has 1 amide bonds. The second-order valence-electron chi connectivity index (χ2n) is 5.29. The highest BCUT2D eigenvalue weighted by Crippen LogP contribution is 2.39. The monoisotopic (exact) mass is 247 g/mol. The molecule has 18 heavy (non-hydrogen) atoms. The van der Waals surface area contributed by atoms with Gasteiger partial charge in [-0.3, -0.25) is 4.79 Å². The summed E-state index contributed by atoms with van der Waals surface area (Å²) in [6, 6.07) is 5.50. The van der Waals surface area contributed by atoms with E-state index in [1.54, 1.807) is 0 Å². The van der Waals surface area contributed by atoms with Crippen LogP contribution in [0.15, 0.2) is 18.2 Å². The first-order valence-corrected chi connectivity index (χ1v) is 6.38. The van der Waals surface area contributed by atoms with Crippen LogP contribution in [0.5, 0.6) is 11.5 Å². The Hall–Kier alpha value is -1.71. The van der Waals surface area contributed by atoms with Gasteiger partial charge in [0.1, 0.15) is 0 Å². The largest absolute Gasteiger partial charge is 0.454 e. The molecule has 1 heterocycles. The maximum atomic E-state index is 12.3. The van der Waals surface area contributed by atoms with E-state index in [0.29, 0.717) is 5.75 Å². The number of benzene rings is 1. The lowest BCUT2D eigenvalue weighted by atomic mass is 9.88. The Morgan fingerprint density at radius 2 is 1.94 bits per heavy atom. The van der Waals surface area contributed by atoms with Crippen molar-refractivity contribution in [3.8, 4) is 11.5 Å². The van der Waals surface area contributed by atoms with Crippen LogP contribution in [0.25, 0.3) is 0 Å². The average molecular weight is 247 g/mol. The maximum absolute atomic E-state index is 12.3. The Morgan fingerprint density at radius 1 is 1.22 bits per heavy atom. The van der Waals surface area contributed by atoms with Gasteiger partial charge in [0.25, 0.3) is 0 Å². The Balaban J connectivity index is 1.74. The summed E-state index contributed by atoms with van der Waals surface area (Å²) in [5, 5.41) is 2.98. The smallest absolute Gasteiger partial charge is 0.231 e. The lowest BCUT2D eigenvalue weighted by Crippen LogP contribution is -2.30. The van der Waals surface area contributed by atoms with Crippen LogP contribution < -0.4 is 14.8 Å². The molecule has 4 nitrogen and oxygen atoms in total. The molecule has 0 atom stereocenters. The molecule has 96 valence electrons. The molecule has 0 spiro atoms. The van der Waals surface area contributed by atoms with Gasteiger partial charge in [-0.15, -0.1) is 0 Å². The number of carbonyl (C=O) groups excluding carboxylic acids is 1. The van der Waals surface area contributed by atoms with Crippen LogP contribution in [0, 0.1) is 5.41 Å². The van der Waals surface area contributed by atoms with Crippen molar-refractivity contribution < 1.29 is 14.3 Å². The minimum absolute atomic E-state index is 0.110. The first-order chi connectivity index (χ1) is 8.67. The fourth-order valence-electron chi connectivity index (χ4n) is 2.64. The standard InChI is InChI=1S/C14H17NO3/c1-14(6-2-3-7-14)13(16)15-10-4-5-11-12(8-10)18-9-17-11/h4-5,8H,2-3,6-7,9H2,1H3,(H,15,16). The SMILES string of the molecule is CC1(C(=O)Nc2ccc3c(c2)OCO3)CCCC1. The summed E-state index contributed by atoms with van der Waals surface area (Å²) < 4.78 is 10.5. The van der Waals surface area contributed by atoms with Crippen molar-refractivity contribution in [1.29, 1.82) is 0 Å². The van der Waals surface area contributed by atoms with Gasteiger partial charge in [-0.1, -0.05) is 19.8 Å². The Bertz CT molecular complexity index is 478. The van der Waals surface area contributed by atoms with Gasteiger partial charge < -0.3 is 14.8 Å². The van der Waals surface area contributed by atoms with Crippen molar-refractivity contribution in [2.75, 3.05) is 12.1 Å². The third-order valence-electron chi connectivity index (χ3n) is 3.89. The van der Waals surface area contributed by atoms with Gasteiger partial charge in [0.15, 0.2) is 11.5 Å².